The number of nitrogens with one attached hydrogen (secondary N) is 1. The van der Waals surface area contributed by atoms with Gasteiger partial charge in [0.2, 0.25) is 5.91 Å². The molecule has 3 N–H and O–H groups in total. The summed E-state index contributed by atoms with van der Waals surface area (Å²) in [7, 11) is 0. The van der Waals surface area contributed by atoms with Gasteiger partial charge in [-0.1, -0.05) is 13.3 Å². The van der Waals surface area contributed by atoms with Crippen LogP contribution in [0.2, 0.25) is 0 Å². The highest BCUT2D eigenvalue weighted by molar-refractivity contribution is 7.12. The number of rotatable bonds is 6. The summed E-state index contributed by atoms with van der Waals surface area (Å²) in [4.78, 5) is 14.5. The molecule has 1 aliphatic carbocycles. The first kappa shape index (κ1) is 13.6. The minimum Gasteiger partial charge on any atom is -0.351 e. The zero-order chi connectivity index (χ0) is 13.0. The molecule has 100 valence electrons. The van der Waals surface area contributed by atoms with Crippen LogP contribution in [0.25, 0.3) is 0 Å². The van der Waals surface area contributed by atoms with Crippen LogP contribution in [-0.2, 0) is 24.2 Å². The first-order valence-corrected chi connectivity index (χ1v) is 7.63. The molecular weight excluding hydrogens is 244 g/mol. The van der Waals surface area contributed by atoms with Gasteiger partial charge in [-0.05, 0) is 37.3 Å². The minimum atomic E-state index is 0.00309. The monoisotopic (exact) mass is 266 g/mol. The molecule has 0 radical (unpaired) electrons. The summed E-state index contributed by atoms with van der Waals surface area (Å²) in [6, 6.07) is 2.25. The normalized spacial score (nSPS) is 15.4. The average Bonchev–Trinajstić information content (AvgIpc) is 2.86. The second kappa shape index (κ2) is 6.34. The van der Waals surface area contributed by atoms with E-state index in [1.165, 1.54) is 34.6 Å². The average molecular weight is 266 g/mol. The molecule has 0 saturated heterocycles. The van der Waals surface area contributed by atoms with Crippen LogP contribution >= 0.6 is 11.3 Å². The minimum absolute atomic E-state index is 0.00309. The zero-order valence-corrected chi connectivity index (χ0v) is 11.8. The molecule has 1 aromatic heterocycles. The van der Waals surface area contributed by atoms with Gasteiger partial charge in [0.05, 0.1) is 6.54 Å². The smallest absolute Gasteiger partial charge is 0.221 e. The van der Waals surface area contributed by atoms with Crippen molar-refractivity contribution >= 4 is 17.2 Å². The quantitative estimate of drug-likeness (QED) is 0.830. The Morgan fingerprint density at radius 1 is 1.56 bits per heavy atom. The molecule has 1 atom stereocenters. The van der Waals surface area contributed by atoms with E-state index < -0.39 is 0 Å². The number of carbonyl (C=O) groups excluding carboxylic acids is 1. The van der Waals surface area contributed by atoms with Crippen molar-refractivity contribution in [3.05, 3.63) is 21.4 Å². The van der Waals surface area contributed by atoms with Crippen molar-refractivity contribution in [2.75, 3.05) is 0 Å². The summed E-state index contributed by atoms with van der Waals surface area (Å²) >= 11 is 1.85. The first-order chi connectivity index (χ1) is 8.69. The first-order valence-electron chi connectivity index (χ1n) is 6.81. The Kier molecular flexibility index (Phi) is 4.78. The summed E-state index contributed by atoms with van der Waals surface area (Å²) in [5.41, 5.74) is 7.35. The highest BCUT2D eigenvalue weighted by Crippen LogP contribution is 2.30. The fourth-order valence-electron chi connectivity index (χ4n) is 2.45. The third-order valence-electron chi connectivity index (χ3n) is 3.36. The number of amides is 1. The molecule has 18 heavy (non-hydrogen) atoms. The Hall–Kier alpha value is -0.870. The summed E-state index contributed by atoms with van der Waals surface area (Å²) < 4.78 is 0. The predicted octanol–water partition coefficient (Wildman–Crippen LogP) is 2.37. The van der Waals surface area contributed by atoms with E-state index in [1.54, 1.807) is 0 Å². The van der Waals surface area contributed by atoms with E-state index in [1.807, 2.05) is 11.3 Å². The lowest BCUT2D eigenvalue weighted by molar-refractivity contribution is -0.121. The van der Waals surface area contributed by atoms with E-state index in [-0.39, 0.29) is 11.9 Å². The third-order valence-corrected chi connectivity index (χ3v) is 4.60. The van der Waals surface area contributed by atoms with Crippen LogP contribution in [-0.4, -0.2) is 11.9 Å². The van der Waals surface area contributed by atoms with E-state index in [0.29, 0.717) is 13.0 Å². The molecule has 0 spiro atoms. The Bertz CT molecular complexity index is 392. The lowest BCUT2D eigenvalue weighted by Gasteiger charge is -2.09. The van der Waals surface area contributed by atoms with Gasteiger partial charge in [-0.3, -0.25) is 4.79 Å². The van der Waals surface area contributed by atoms with E-state index >= 15 is 0 Å². The molecule has 1 amide bonds. The van der Waals surface area contributed by atoms with Crippen molar-refractivity contribution in [1.29, 1.82) is 0 Å². The van der Waals surface area contributed by atoms with Crippen LogP contribution in [0.3, 0.4) is 0 Å². The van der Waals surface area contributed by atoms with E-state index in [9.17, 15) is 4.79 Å². The summed E-state index contributed by atoms with van der Waals surface area (Å²) in [5, 5.41) is 2.97. The zero-order valence-electron chi connectivity index (χ0n) is 11.0. The highest BCUT2D eigenvalue weighted by Gasteiger charge is 2.15. The largest absolute Gasteiger partial charge is 0.351 e. The van der Waals surface area contributed by atoms with Crippen molar-refractivity contribution in [2.24, 2.45) is 5.73 Å². The summed E-state index contributed by atoms with van der Waals surface area (Å²) in [5.74, 6) is 0.0736. The van der Waals surface area contributed by atoms with Crippen LogP contribution in [0.15, 0.2) is 6.07 Å². The maximum absolute atomic E-state index is 11.7. The van der Waals surface area contributed by atoms with Crippen molar-refractivity contribution in [3.63, 3.8) is 0 Å². The fourth-order valence-corrected chi connectivity index (χ4v) is 3.65. The number of hydrogen-bond donors (Lipinski definition) is 2. The number of fused-ring (bicyclic) bond motifs is 1. The van der Waals surface area contributed by atoms with Crippen molar-refractivity contribution in [1.82, 2.24) is 5.32 Å². The summed E-state index contributed by atoms with van der Waals surface area (Å²) in [6.45, 7) is 2.75. The van der Waals surface area contributed by atoms with Crippen LogP contribution in [0, 0.1) is 0 Å². The van der Waals surface area contributed by atoms with Gasteiger partial charge in [0.15, 0.2) is 0 Å². The highest BCUT2D eigenvalue weighted by atomic mass is 32.1. The molecule has 1 aliphatic rings. The maximum atomic E-state index is 11.7. The number of thiophene rings is 1. The standard InChI is InChI=1S/C14H22N2OS/c1-2-4-11(15)8-14(17)16-9-12-7-10-5-3-6-13(10)18-12/h7,11H,2-6,8-9,15H2,1H3,(H,16,17). The molecule has 1 unspecified atom stereocenters. The molecule has 1 aromatic rings. The van der Waals surface area contributed by atoms with E-state index in [2.05, 4.69) is 18.3 Å². The topological polar surface area (TPSA) is 55.1 Å². The third kappa shape index (κ3) is 3.56. The van der Waals surface area contributed by atoms with Gasteiger partial charge >= 0.3 is 0 Å². The van der Waals surface area contributed by atoms with Gasteiger partial charge in [0, 0.05) is 22.2 Å². The second-order valence-corrected chi connectivity index (χ2v) is 6.27. The Morgan fingerprint density at radius 3 is 3.11 bits per heavy atom. The number of nitrogens with two attached hydrogens (primary N) is 1. The molecule has 3 nitrogen and oxygen atoms in total. The Morgan fingerprint density at radius 2 is 2.39 bits per heavy atom. The number of carbonyl (C=O) groups is 1. The van der Waals surface area contributed by atoms with Gasteiger partial charge in [-0.2, -0.15) is 0 Å². The molecule has 0 aliphatic heterocycles. The van der Waals surface area contributed by atoms with Crippen molar-refractivity contribution in [2.45, 2.75) is 58.0 Å². The second-order valence-electron chi connectivity index (χ2n) is 5.04. The van der Waals surface area contributed by atoms with Crippen LogP contribution < -0.4 is 11.1 Å². The van der Waals surface area contributed by atoms with Gasteiger partial charge < -0.3 is 11.1 Å². The summed E-state index contributed by atoms with van der Waals surface area (Å²) in [6.07, 6.45) is 6.11. The number of hydrogen-bond acceptors (Lipinski definition) is 3. The van der Waals surface area contributed by atoms with Gasteiger partial charge in [0.25, 0.3) is 0 Å². The maximum Gasteiger partial charge on any atom is 0.221 e. The molecule has 0 saturated carbocycles. The van der Waals surface area contributed by atoms with Crippen molar-refractivity contribution < 1.29 is 4.79 Å². The molecule has 0 fully saturated rings. The van der Waals surface area contributed by atoms with Crippen LogP contribution in [0.4, 0.5) is 0 Å². The Balaban J connectivity index is 1.75. The molecule has 0 bridgehead atoms. The van der Waals surface area contributed by atoms with Crippen molar-refractivity contribution in [3.8, 4) is 0 Å². The lowest BCUT2D eigenvalue weighted by atomic mass is 10.1. The van der Waals surface area contributed by atoms with Crippen LogP contribution in [0.1, 0.15) is 47.9 Å². The predicted molar refractivity (Wildman–Crippen MR) is 75.7 cm³/mol. The molecular formula is C14H22N2OS. The molecule has 4 heteroatoms. The SMILES string of the molecule is CCCC(N)CC(=O)NCc1cc2c(s1)CCC2. The molecule has 1 heterocycles. The van der Waals surface area contributed by atoms with E-state index in [4.69, 9.17) is 5.73 Å². The fraction of sp³-hybridized carbons (Fsp3) is 0.643. The number of aryl methyl sites for hydroxylation is 2. The Labute approximate surface area is 113 Å². The molecule has 0 aromatic carbocycles. The van der Waals surface area contributed by atoms with Gasteiger partial charge in [0.1, 0.15) is 0 Å². The van der Waals surface area contributed by atoms with Gasteiger partial charge in [-0.15, -0.1) is 11.3 Å². The lowest BCUT2D eigenvalue weighted by Crippen LogP contribution is -2.31. The van der Waals surface area contributed by atoms with E-state index in [0.717, 1.165) is 12.8 Å². The molecule has 2 rings (SSSR count). The van der Waals surface area contributed by atoms with Gasteiger partial charge in [-0.25, -0.2) is 0 Å². The van der Waals surface area contributed by atoms with Crippen LogP contribution in [0.5, 0.6) is 0 Å².